The fraction of sp³-hybridized carbons (Fsp3) is 0.900. The summed E-state index contributed by atoms with van der Waals surface area (Å²) >= 11 is 2.05. The first kappa shape index (κ1) is 11.1. The number of Topliss-reactive ketones (excluding diaryl/α,β-unsaturated/α-hetero) is 1. The van der Waals surface area contributed by atoms with Crippen LogP contribution >= 0.6 is 11.8 Å². The van der Waals surface area contributed by atoms with Gasteiger partial charge in [-0.15, -0.1) is 0 Å². The van der Waals surface area contributed by atoms with Gasteiger partial charge in [-0.1, -0.05) is 13.8 Å². The van der Waals surface area contributed by atoms with Crippen molar-refractivity contribution in [2.24, 2.45) is 0 Å². The molecular formula is C10H19NOS. The van der Waals surface area contributed by atoms with Crippen molar-refractivity contribution in [3.8, 4) is 0 Å². The van der Waals surface area contributed by atoms with Crippen LogP contribution in [0, 0.1) is 0 Å². The SMILES string of the molecule is CCC(=O)CN1CCSC(CC)C1. The first-order chi connectivity index (χ1) is 6.26. The molecule has 0 aromatic rings. The van der Waals surface area contributed by atoms with Gasteiger partial charge in [-0.25, -0.2) is 0 Å². The Balaban J connectivity index is 2.29. The van der Waals surface area contributed by atoms with Crippen LogP contribution in [0.5, 0.6) is 0 Å². The summed E-state index contributed by atoms with van der Waals surface area (Å²) in [5.41, 5.74) is 0. The van der Waals surface area contributed by atoms with Gasteiger partial charge in [0.2, 0.25) is 0 Å². The van der Waals surface area contributed by atoms with Crippen molar-refractivity contribution >= 4 is 17.5 Å². The van der Waals surface area contributed by atoms with E-state index in [0.29, 0.717) is 18.7 Å². The second-order valence-electron chi connectivity index (χ2n) is 3.53. The summed E-state index contributed by atoms with van der Waals surface area (Å²) in [7, 11) is 0. The Morgan fingerprint density at radius 2 is 2.31 bits per heavy atom. The van der Waals surface area contributed by atoms with Crippen molar-refractivity contribution in [3.63, 3.8) is 0 Å². The molecule has 0 aromatic heterocycles. The molecule has 2 nitrogen and oxygen atoms in total. The van der Waals surface area contributed by atoms with Gasteiger partial charge in [0.1, 0.15) is 5.78 Å². The van der Waals surface area contributed by atoms with Gasteiger partial charge in [0.25, 0.3) is 0 Å². The van der Waals surface area contributed by atoms with Crippen molar-refractivity contribution in [1.82, 2.24) is 4.90 Å². The first-order valence-electron chi connectivity index (χ1n) is 5.12. The monoisotopic (exact) mass is 201 g/mol. The third-order valence-corrected chi connectivity index (χ3v) is 3.84. The zero-order valence-electron chi connectivity index (χ0n) is 8.58. The van der Waals surface area contributed by atoms with Crippen molar-refractivity contribution < 1.29 is 4.79 Å². The predicted octanol–water partition coefficient (Wildman–Crippen LogP) is 1.79. The molecule has 1 aliphatic heterocycles. The van der Waals surface area contributed by atoms with Gasteiger partial charge in [-0.2, -0.15) is 11.8 Å². The Kier molecular flexibility index (Phi) is 4.81. The van der Waals surface area contributed by atoms with Crippen LogP contribution in [0.4, 0.5) is 0 Å². The Morgan fingerprint density at radius 1 is 1.54 bits per heavy atom. The zero-order chi connectivity index (χ0) is 9.68. The maximum atomic E-state index is 11.2. The van der Waals surface area contributed by atoms with Crippen molar-refractivity contribution in [2.75, 3.05) is 25.4 Å². The topological polar surface area (TPSA) is 20.3 Å². The molecule has 1 rings (SSSR count). The molecule has 0 N–H and O–H groups in total. The second kappa shape index (κ2) is 5.66. The lowest BCUT2D eigenvalue weighted by Crippen LogP contribution is -2.40. The number of thioether (sulfide) groups is 1. The molecule has 1 heterocycles. The summed E-state index contributed by atoms with van der Waals surface area (Å²) in [5, 5.41) is 0.749. The van der Waals surface area contributed by atoms with Gasteiger partial charge >= 0.3 is 0 Å². The summed E-state index contributed by atoms with van der Waals surface area (Å²) in [6, 6.07) is 0. The minimum absolute atomic E-state index is 0.377. The molecule has 13 heavy (non-hydrogen) atoms. The van der Waals surface area contributed by atoms with Gasteiger partial charge in [-0.05, 0) is 6.42 Å². The maximum absolute atomic E-state index is 11.2. The van der Waals surface area contributed by atoms with Crippen LogP contribution < -0.4 is 0 Å². The highest BCUT2D eigenvalue weighted by atomic mass is 32.2. The van der Waals surface area contributed by atoms with E-state index in [4.69, 9.17) is 0 Å². The van der Waals surface area contributed by atoms with Crippen LogP contribution in [-0.2, 0) is 4.79 Å². The van der Waals surface area contributed by atoms with Crippen LogP contribution in [0.25, 0.3) is 0 Å². The Bertz CT molecular complexity index is 172. The zero-order valence-corrected chi connectivity index (χ0v) is 9.40. The van der Waals surface area contributed by atoms with E-state index in [1.165, 1.54) is 12.2 Å². The normalized spacial score (nSPS) is 24.6. The fourth-order valence-electron chi connectivity index (χ4n) is 1.53. The smallest absolute Gasteiger partial charge is 0.146 e. The quantitative estimate of drug-likeness (QED) is 0.691. The lowest BCUT2D eigenvalue weighted by Gasteiger charge is -2.31. The minimum atomic E-state index is 0.377. The standard InChI is InChI=1S/C10H19NOS/c1-3-9(12)7-11-5-6-13-10(4-2)8-11/h10H,3-8H2,1-2H3. The van der Waals surface area contributed by atoms with Crippen LogP contribution in [0.3, 0.4) is 0 Å². The van der Waals surface area contributed by atoms with E-state index in [0.717, 1.165) is 18.3 Å². The molecular weight excluding hydrogens is 182 g/mol. The number of hydrogen-bond donors (Lipinski definition) is 0. The fourth-order valence-corrected chi connectivity index (χ4v) is 2.78. The molecule has 1 atom stereocenters. The van der Waals surface area contributed by atoms with Gasteiger partial charge in [0, 0.05) is 30.5 Å². The summed E-state index contributed by atoms with van der Waals surface area (Å²) in [6.45, 7) is 7.04. The highest BCUT2D eigenvalue weighted by Crippen LogP contribution is 2.20. The third-order valence-electron chi connectivity index (χ3n) is 2.47. The molecule has 0 bridgehead atoms. The molecule has 0 amide bonds. The van der Waals surface area contributed by atoms with E-state index >= 15 is 0 Å². The number of nitrogens with zero attached hydrogens (tertiary/aromatic N) is 1. The predicted molar refractivity (Wildman–Crippen MR) is 58.3 cm³/mol. The van der Waals surface area contributed by atoms with E-state index in [1.807, 2.05) is 18.7 Å². The van der Waals surface area contributed by atoms with E-state index in [9.17, 15) is 4.79 Å². The third kappa shape index (κ3) is 3.69. The highest BCUT2D eigenvalue weighted by Gasteiger charge is 2.19. The first-order valence-corrected chi connectivity index (χ1v) is 6.16. The number of ketones is 1. The Hall–Kier alpha value is -0.0200. The number of rotatable bonds is 4. The molecule has 76 valence electrons. The van der Waals surface area contributed by atoms with E-state index in [2.05, 4.69) is 11.8 Å². The highest BCUT2D eigenvalue weighted by molar-refractivity contribution is 8.00. The van der Waals surface area contributed by atoms with Crippen molar-refractivity contribution in [3.05, 3.63) is 0 Å². The van der Waals surface area contributed by atoms with Gasteiger partial charge in [-0.3, -0.25) is 9.69 Å². The van der Waals surface area contributed by atoms with E-state index in [1.54, 1.807) is 0 Å². The summed E-state index contributed by atoms with van der Waals surface area (Å²) in [6.07, 6.45) is 1.90. The molecule has 0 aliphatic carbocycles. The van der Waals surface area contributed by atoms with Crippen LogP contribution in [-0.4, -0.2) is 41.3 Å². The molecule has 0 spiro atoms. The van der Waals surface area contributed by atoms with Crippen molar-refractivity contribution in [1.29, 1.82) is 0 Å². The van der Waals surface area contributed by atoms with Crippen molar-refractivity contribution in [2.45, 2.75) is 31.9 Å². The van der Waals surface area contributed by atoms with E-state index < -0.39 is 0 Å². The van der Waals surface area contributed by atoms with E-state index in [-0.39, 0.29) is 0 Å². The minimum Gasteiger partial charge on any atom is -0.298 e. The van der Waals surface area contributed by atoms with Gasteiger partial charge < -0.3 is 0 Å². The molecule has 1 fully saturated rings. The molecule has 0 aromatic carbocycles. The summed E-state index contributed by atoms with van der Waals surface area (Å²) in [4.78, 5) is 13.5. The molecule has 0 saturated carbocycles. The van der Waals surface area contributed by atoms with Gasteiger partial charge in [0.05, 0.1) is 6.54 Å². The average molecular weight is 201 g/mol. The van der Waals surface area contributed by atoms with Crippen LogP contribution in [0.2, 0.25) is 0 Å². The van der Waals surface area contributed by atoms with Crippen LogP contribution in [0.15, 0.2) is 0 Å². The number of carbonyl (C=O) groups is 1. The van der Waals surface area contributed by atoms with Gasteiger partial charge in [0.15, 0.2) is 0 Å². The molecule has 1 saturated heterocycles. The lowest BCUT2D eigenvalue weighted by molar-refractivity contribution is -0.119. The Morgan fingerprint density at radius 3 is 2.92 bits per heavy atom. The maximum Gasteiger partial charge on any atom is 0.146 e. The Labute approximate surface area is 85.1 Å². The second-order valence-corrected chi connectivity index (χ2v) is 4.94. The summed E-state index contributed by atoms with van der Waals surface area (Å²) < 4.78 is 0. The molecule has 3 heteroatoms. The number of hydrogen-bond acceptors (Lipinski definition) is 3. The lowest BCUT2D eigenvalue weighted by atomic mass is 10.2. The average Bonchev–Trinajstić information content (AvgIpc) is 2.18. The molecule has 0 radical (unpaired) electrons. The molecule has 1 aliphatic rings. The number of carbonyl (C=O) groups excluding carboxylic acids is 1. The largest absolute Gasteiger partial charge is 0.298 e. The molecule has 1 unspecified atom stereocenters. The van der Waals surface area contributed by atoms with Crippen LogP contribution in [0.1, 0.15) is 26.7 Å². The summed E-state index contributed by atoms with van der Waals surface area (Å²) in [5.74, 6) is 1.57.